The molecule has 0 atom stereocenters. The number of carbonyl (C=O) groups is 1. The zero-order chi connectivity index (χ0) is 8.27. The van der Waals surface area contributed by atoms with Gasteiger partial charge in [-0.2, -0.15) is 0 Å². The van der Waals surface area contributed by atoms with Gasteiger partial charge in [0, 0.05) is 18.5 Å². The molecule has 1 aromatic heterocycles. The molecule has 0 radical (unpaired) electrons. The van der Waals surface area contributed by atoms with Gasteiger partial charge in [0.2, 0.25) is 0 Å². The molecule has 0 aromatic carbocycles. The molecule has 0 fully saturated rings. The van der Waals surface area contributed by atoms with Gasteiger partial charge >= 0.3 is 0 Å². The Bertz CT molecular complexity index is 255. The van der Waals surface area contributed by atoms with E-state index < -0.39 is 0 Å². The zero-order valence-corrected chi connectivity index (χ0v) is 7.76. The number of hydrogen-bond acceptors (Lipinski definition) is 2. The van der Waals surface area contributed by atoms with Crippen molar-refractivity contribution in [2.24, 2.45) is 0 Å². The number of halogens is 1. The molecule has 0 amide bonds. The van der Waals surface area contributed by atoms with E-state index >= 15 is 0 Å². The van der Waals surface area contributed by atoms with Crippen LogP contribution in [0.25, 0.3) is 0 Å². The third-order valence-electron chi connectivity index (χ3n) is 1.34. The third-order valence-corrected chi connectivity index (χ3v) is 1.99. The Morgan fingerprint density at radius 1 is 1.64 bits per heavy atom. The molecule has 0 N–H and O–H groups in total. The van der Waals surface area contributed by atoms with Crippen molar-refractivity contribution in [2.45, 2.75) is 12.3 Å². The number of aromatic nitrogens is 1. The monoisotopic (exact) mass is 213 g/mol. The maximum atomic E-state index is 10.8. The average Bonchev–Trinajstić information content (AvgIpc) is 2.05. The van der Waals surface area contributed by atoms with Crippen LogP contribution in [0.3, 0.4) is 0 Å². The van der Waals surface area contributed by atoms with E-state index in [1.54, 1.807) is 12.3 Å². The average molecular weight is 214 g/mol. The Hall–Kier alpha value is -0.700. The van der Waals surface area contributed by atoms with Crippen LogP contribution in [-0.2, 0) is 5.33 Å². The standard InChI is InChI=1S/C8H8BrNO/c1-6(11)8-3-2-7(4-9)5-10-8/h2-3,5H,4H2,1H3. The Labute approximate surface area is 73.8 Å². The summed E-state index contributed by atoms with van der Waals surface area (Å²) in [6, 6.07) is 3.62. The fourth-order valence-electron chi connectivity index (χ4n) is 0.712. The largest absolute Gasteiger partial charge is 0.293 e. The summed E-state index contributed by atoms with van der Waals surface area (Å²) in [5, 5.41) is 0.776. The van der Waals surface area contributed by atoms with Gasteiger partial charge in [-0.25, -0.2) is 0 Å². The molecule has 0 spiro atoms. The lowest BCUT2D eigenvalue weighted by Crippen LogP contribution is -1.95. The van der Waals surface area contributed by atoms with Gasteiger partial charge in [0.15, 0.2) is 5.78 Å². The normalized spacial score (nSPS) is 9.64. The number of rotatable bonds is 2. The van der Waals surface area contributed by atoms with Gasteiger partial charge in [-0.3, -0.25) is 9.78 Å². The topological polar surface area (TPSA) is 30.0 Å². The van der Waals surface area contributed by atoms with E-state index in [1.807, 2.05) is 6.07 Å². The number of Topliss-reactive ketones (excluding diaryl/α,β-unsaturated/α-hetero) is 1. The Balaban J connectivity index is 2.91. The van der Waals surface area contributed by atoms with Crippen molar-refractivity contribution in [2.75, 3.05) is 0 Å². The molecule has 1 heterocycles. The molecule has 2 nitrogen and oxygen atoms in total. The molecule has 0 aliphatic rings. The van der Waals surface area contributed by atoms with Gasteiger partial charge in [0.1, 0.15) is 5.69 Å². The predicted molar refractivity (Wildman–Crippen MR) is 46.9 cm³/mol. The first kappa shape index (κ1) is 8.40. The molecule has 0 unspecified atom stereocenters. The van der Waals surface area contributed by atoms with Crippen LogP contribution in [0.1, 0.15) is 23.0 Å². The Morgan fingerprint density at radius 3 is 2.73 bits per heavy atom. The van der Waals surface area contributed by atoms with Crippen molar-refractivity contribution < 1.29 is 4.79 Å². The van der Waals surface area contributed by atoms with E-state index in [9.17, 15) is 4.79 Å². The summed E-state index contributed by atoms with van der Waals surface area (Å²) in [5.41, 5.74) is 1.60. The van der Waals surface area contributed by atoms with Crippen molar-refractivity contribution in [1.82, 2.24) is 4.98 Å². The van der Waals surface area contributed by atoms with Gasteiger partial charge < -0.3 is 0 Å². The highest BCUT2D eigenvalue weighted by molar-refractivity contribution is 9.08. The summed E-state index contributed by atoms with van der Waals surface area (Å²) < 4.78 is 0. The summed E-state index contributed by atoms with van der Waals surface area (Å²) in [6.45, 7) is 1.51. The van der Waals surface area contributed by atoms with E-state index in [0.29, 0.717) is 5.69 Å². The van der Waals surface area contributed by atoms with Crippen LogP contribution < -0.4 is 0 Å². The lowest BCUT2D eigenvalue weighted by molar-refractivity contribution is 0.101. The summed E-state index contributed by atoms with van der Waals surface area (Å²) in [6.07, 6.45) is 1.70. The second-order valence-corrected chi connectivity index (χ2v) is 2.80. The molecule has 11 heavy (non-hydrogen) atoms. The molecular weight excluding hydrogens is 206 g/mol. The van der Waals surface area contributed by atoms with Crippen LogP contribution in [-0.4, -0.2) is 10.8 Å². The molecule has 3 heteroatoms. The number of carbonyl (C=O) groups excluding carboxylic acids is 1. The van der Waals surface area contributed by atoms with Crippen molar-refractivity contribution in [3.63, 3.8) is 0 Å². The van der Waals surface area contributed by atoms with Gasteiger partial charge in [-0.05, 0) is 11.6 Å². The minimum absolute atomic E-state index is 0.00567. The van der Waals surface area contributed by atoms with E-state index in [4.69, 9.17) is 0 Å². The highest BCUT2D eigenvalue weighted by atomic mass is 79.9. The third kappa shape index (κ3) is 2.12. The van der Waals surface area contributed by atoms with E-state index in [1.165, 1.54) is 6.92 Å². The first-order valence-electron chi connectivity index (χ1n) is 3.26. The highest BCUT2D eigenvalue weighted by Crippen LogP contribution is 2.04. The second-order valence-electron chi connectivity index (χ2n) is 2.24. The van der Waals surface area contributed by atoms with Crippen LogP contribution in [0.5, 0.6) is 0 Å². The fraction of sp³-hybridized carbons (Fsp3) is 0.250. The SMILES string of the molecule is CC(=O)c1ccc(CBr)cn1. The quantitative estimate of drug-likeness (QED) is 0.557. The lowest BCUT2D eigenvalue weighted by atomic mass is 10.2. The van der Waals surface area contributed by atoms with E-state index in [2.05, 4.69) is 20.9 Å². The van der Waals surface area contributed by atoms with E-state index in [-0.39, 0.29) is 5.78 Å². The summed E-state index contributed by atoms with van der Waals surface area (Å²) in [4.78, 5) is 14.7. The maximum Gasteiger partial charge on any atom is 0.178 e. The van der Waals surface area contributed by atoms with Crippen LogP contribution >= 0.6 is 15.9 Å². The lowest BCUT2D eigenvalue weighted by Gasteiger charge is -1.95. The van der Waals surface area contributed by atoms with Crippen molar-refractivity contribution in [1.29, 1.82) is 0 Å². The smallest absolute Gasteiger partial charge is 0.178 e. The molecular formula is C8H8BrNO. The number of ketones is 1. The molecule has 1 aromatic rings. The van der Waals surface area contributed by atoms with Crippen LogP contribution in [0.2, 0.25) is 0 Å². The van der Waals surface area contributed by atoms with Gasteiger partial charge in [0.05, 0.1) is 0 Å². The van der Waals surface area contributed by atoms with Crippen LogP contribution in [0.4, 0.5) is 0 Å². The first-order valence-corrected chi connectivity index (χ1v) is 4.38. The van der Waals surface area contributed by atoms with Crippen LogP contribution in [0, 0.1) is 0 Å². The molecule has 0 aliphatic carbocycles. The van der Waals surface area contributed by atoms with Gasteiger partial charge in [-0.15, -0.1) is 0 Å². The predicted octanol–water partition coefficient (Wildman–Crippen LogP) is 2.18. The minimum Gasteiger partial charge on any atom is -0.293 e. The van der Waals surface area contributed by atoms with Crippen LogP contribution in [0.15, 0.2) is 18.3 Å². The van der Waals surface area contributed by atoms with Crippen molar-refractivity contribution in [3.8, 4) is 0 Å². The molecule has 0 aliphatic heterocycles. The molecule has 1 rings (SSSR count). The van der Waals surface area contributed by atoms with Gasteiger partial charge in [-0.1, -0.05) is 22.0 Å². The first-order chi connectivity index (χ1) is 5.24. The summed E-state index contributed by atoms with van der Waals surface area (Å²) >= 11 is 3.29. The second kappa shape index (κ2) is 3.62. The number of hydrogen-bond donors (Lipinski definition) is 0. The number of nitrogens with zero attached hydrogens (tertiary/aromatic N) is 1. The molecule has 0 saturated carbocycles. The zero-order valence-electron chi connectivity index (χ0n) is 6.17. The number of pyridine rings is 1. The fourth-order valence-corrected chi connectivity index (χ4v) is 1.04. The van der Waals surface area contributed by atoms with E-state index in [0.717, 1.165) is 10.9 Å². The summed E-state index contributed by atoms with van der Waals surface area (Å²) in [7, 11) is 0. The Kier molecular flexibility index (Phi) is 2.76. The van der Waals surface area contributed by atoms with Crippen molar-refractivity contribution in [3.05, 3.63) is 29.6 Å². The number of alkyl halides is 1. The molecule has 0 saturated heterocycles. The highest BCUT2D eigenvalue weighted by Gasteiger charge is 1.98. The van der Waals surface area contributed by atoms with Gasteiger partial charge in [0.25, 0.3) is 0 Å². The Morgan fingerprint density at radius 2 is 2.36 bits per heavy atom. The minimum atomic E-state index is 0.00567. The molecule has 58 valence electrons. The maximum absolute atomic E-state index is 10.8. The molecule has 0 bridgehead atoms. The summed E-state index contributed by atoms with van der Waals surface area (Å²) in [5.74, 6) is 0.00567. The van der Waals surface area contributed by atoms with Crippen molar-refractivity contribution >= 4 is 21.7 Å².